The highest BCUT2D eigenvalue weighted by Crippen LogP contribution is 2.29. The van der Waals surface area contributed by atoms with Gasteiger partial charge in [0.25, 0.3) is 0 Å². The second-order valence-electron chi connectivity index (χ2n) is 5.57. The first-order valence-electron chi connectivity index (χ1n) is 6.49. The molecule has 2 rings (SSSR count). The van der Waals surface area contributed by atoms with Crippen LogP contribution in [0.5, 0.6) is 0 Å². The average Bonchev–Trinajstić information content (AvgIpc) is 2.88. The van der Waals surface area contributed by atoms with Gasteiger partial charge in [-0.25, -0.2) is 9.37 Å². The fourth-order valence-electron chi connectivity index (χ4n) is 1.54. The van der Waals surface area contributed by atoms with Gasteiger partial charge in [0.15, 0.2) is 4.34 Å². The summed E-state index contributed by atoms with van der Waals surface area (Å²) in [4.78, 5) is 16.3. The third-order valence-electron chi connectivity index (χ3n) is 2.73. The van der Waals surface area contributed by atoms with E-state index in [0.717, 1.165) is 10.0 Å². The van der Waals surface area contributed by atoms with Gasteiger partial charge in [0.1, 0.15) is 5.82 Å². The molecule has 1 amide bonds. The topological polar surface area (TPSA) is 42.0 Å². The van der Waals surface area contributed by atoms with Crippen LogP contribution in [-0.2, 0) is 10.2 Å². The van der Waals surface area contributed by atoms with Gasteiger partial charge in [0, 0.05) is 10.8 Å². The quantitative estimate of drug-likeness (QED) is 0.852. The molecule has 0 saturated carbocycles. The van der Waals surface area contributed by atoms with E-state index < -0.39 is 5.82 Å². The highest BCUT2D eigenvalue weighted by atomic mass is 32.2. The highest BCUT2D eigenvalue weighted by molar-refractivity contribution is 8.01. The third-order valence-corrected chi connectivity index (χ3v) is 4.75. The third kappa shape index (κ3) is 4.54. The van der Waals surface area contributed by atoms with Crippen LogP contribution in [0, 0.1) is 5.82 Å². The monoisotopic (exact) mass is 324 g/mol. The van der Waals surface area contributed by atoms with Crippen molar-refractivity contribution in [2.24, 2.45) is 0 Å². The van der Waals surface area contributed by atoms with E-state index in [9.17, 15) is 9.18 Å². The zero-order valence-electron chi connectivity index (χ0n) is 12.1. The number of anilines is 1. The second-order valence-corrected chi connectivity index (χ2v) is 7.65. The van der Waals surface area contributed by atoms with E-state index in [4.69, 9.17) is 0 Å². The Bertz CT molecular complexity index is 635. The number of amides is 1. The Hall–Kier alpha value is -1.40. The molecule has 2 aromatic rings. The number of nitrogens with one attached hydrogen (secondary N) is 1. The maximum Gasteiger partial charge on any atom is 0.234 e. The Kier molecular flexibility index (Phi) is 5.00. The van der Waals surface area contributed by atoms with Crippen molar-refractivity contribution in [3.8, 4) is 0 Å². The van der Waals surface area contributed by atoms with Gasteiger partial charge in [-0.15, -0.1) is 11.3 Å². The molecule has 0 spiro atoms. The lowest BCUT2D eigenvalue weighted by Gasteiger charge is -2.14. The predicted molar refractivity (Wildman–Crippen MR) is 86.6 cm³/mol. The predicted octanol–water partition coefficient (Wildman–Crippen LogP) is 4.31. The Labute approximate surface area is 132 Å². The number of thioether (sulfide) groups is 1. The Morgan fingerprint density at radius 3 is 2.71 bits per heavy atom. The number of rotatable bonds is 4. The SMILES string of the molecule is CC(C)(C)c1csc(SCC(=O)Nc2ccccc2F)n1. The Morgan fingerprint density at radius 2 is 2.10 bits per heavy atom. The molecule has 1 aromatic carbocycles. The molecule has 0 bridgehead atoms. The van der Waals surface area contributed by atoms with Crippen molar-refractivity contribution >= 4 is 34.7 Å². The molecule has 1 heterocycles. The number of thiazole rings is 1. The minimum atomic E-state index is -0.430. The van der Waals surface area contributed by atoms with E-state index in [0.29, 0.717) is 0 Å². The summed E-state index contributed by atoms with van der Waals surface area (Å²) in [5.41, 5.74) is 1.23. The smallest absolute Gasteiger partial charge is 0.234 e. The molecule has 6 heteroatoms. The van der Waals surface area contributed by atoms with Crippen LogP contribution in [0.25, 0.3) is 0 Å². The number of benzene rings is 1. The van der Waals surface area contributed by atoms with Gasteiger partial charge in [-0.05, 0) is 12.1 Å². The minimum absolute atomic E-state index is 0.00470. The first-order valence-corrected chi connectivity index (χ1v) is 8.36. The zero-order valence-corrected chi connectivity index (χ0v) is 13.8. The van der Waals surface area contributed by atoms with Gasteiger partial charge in [0.05, 0.1) is 17.1 Å². The van der Waals surface area contributed by atoms with Crippen LogP contribution in [-0.4, -0.2) is 16.6 Å². The number of hydrogen-bond donors (Lipinski definition) is 1. The summed E-state index contributed by atoms with van der Waals surface area (Å²) >= 11 is 2.89. The molecule has 0 saturated heterocycles. The van der Waals surface area contributed by atoms with Gasteiger partial charge in [0.2, 0.25) is 5.91 Å². The maximum atomic E-state index is 13.4. The average molecular weight is 324 g/mol. The number of carbonyl (C=O) groups excluding carboxylic acids is 1. The van der Waals surface area contributed by atoms with Crippen LogP contribution in [0.4, 0.5) is 10.1 Å². The molecule has 112 valence electrons. The van der Waals surface area contributed by atoms with Crippen molar-refractivity contribution in [3.05, 3.63) is 41.2 Å². The normalized spacial score (nSPS) is 11.4. The van der Waals surface area contributed by atoms with E-state index in [-0.39, 0.29) is 22.8 Å². The van der Waals surface area contributed by atoms with Crippen LogP contribution in [0.15, 0.2) is 34.0 Å². The Morgan fingerprint density at radius 1 is 1.38 bits per heavy atom. The van der Waals surface area contributed by atoms with Gasteiger partial charge in [-0.2, -0.15) is 0 Å². The number of halogens is 1. The van der Waals surface area contributed by atoms with Crippen molar-refractivity contribution in [1.29, 1.82) is 0 Å². The molecule has 0 radical (unpaired) electrons. The van der Waals surface area contributed by atoms with Crippen LogP contribution >= 0.6 is 23.1 Å². The van der Waals surface area contributed by atoms with Gasteiger partial charge in [-0.3, -0.25) is 4.79 Å². The molecular formula is C15H17FN2OS2. The van der Waals surface area contributed by atoms with Crippen molar-refractivity contribution in [2.75, 3.05) is 11.1 Å². The van der Waals surface area contributed by atoms with E-state index in [1.807, 2.05) is 5.38 Å². The number of nitrogens with zero attached hydrogens (tertiary/aromatic N) is 1. The van der Waals surface area contributed by atoms with Gasteiger partial charge >= 0.3 is 0 Å². The largest absolute Gasteiger partial charge is 0.323 e. The van der Waals surface area contributed by atoms with E-state index in [2.05, 4.69) is 31.1 Å². The van der Waals surface area contributed by atoms with Crippen molar-refractivity contribution < 1.29 is 9.18 Å². The number of aromatic nitrogens is 1. The molecule has 3 nitrogen and oxygen atoms in total. The minimum Gasteiger partial charge on any atom is -0.323 e. The molecule has 0 aliphatic rings. The fraction of sp³-hybridized carbons (Fsp3) is 0.333. The summed E-state index contributed by atoms with van der Waals surface area (Å²) in [6, 6.07) is 6.13. The lowest BCUT2D eigenvalue weighted by molar-refractivity contribution is -0.113. The summed E-state index contributed by atoms with van der Waals surface area (Å²) in [5.74, 6) is -0.455. The summed E-state index contributed by atoms with van der Waals surface area (Å²) in [5, 5.41) is 4.57. The summed E-state index contributed by atoms with van der Waals surface area (Å²) in [6.07, 6.45) is 0. The molecule has 1 aromatic heterocycles. The second kappa shape index (κ2) is 6.58. The molecule has 0 aliphatic heterocycles. The lowest BCUT2D eigenvalue weighted by Crippen LogP contribution is -2.15. The van der Waals surface area contributed by atoms with Crippen molar-refractivity contribution in [3.63, 3.8) is 0 Å². The maximum absolute atomic E-state index is 13.4. The molecule has 21 heavy (non-hydrogen) atoms. The summed E-state index contributed by atoms with van der Waals surface area (Å²) in [6.45, 7) is 6.30. The van der Waals surface area contributed by atoms with E-state index >= 15 is 0 Å². The van der Waals surface area contributed by atoms with Crippen LogP contribution in [0.3, 0.4) is 0 Å². The molecule has 0 fully saturated rings. The first kappa shape index (κ1) is 16.0. The zero-order chi connectivity index (χ0) is 15.5. The molecule has 0 atom stereocenters. The molecule has 0 unspecified atom stereocenters. The van der Waals surface area contributed by atoms with Gasteiger partial charge in [-0.1, -0.05) is 44.7 Å². The van der Waals surface area contributed by atoms with Crippen LogP contribution in [0.2, 0.25) is 0 Å². The number of carbonyl (C=O) groups is 1. The van der Waals surface area contributed by atoms with E-state index in [1.54, 1.807) is 18.2 Å². The standard InChI is InChI=1S/C15H17FN2OS2/c1-15(2,3)12-8-20-14(18-12)21-9-13(19)17-11-7-5-4-6-10(11)16/h4-8H,9H2,1-3H3,(H,17,19). The van der Waals surface area contributed by atoms with Crippen molar-refractivity contribution in [1.82, 2.24) is 4.98 Å². The fourth-order valence-corrected chi connectivity index (χ4v) is 3.40. The summed E-state index contributed by atoms with van der Waals surface area (Å²) < 4.78 is 14.3. The summed E-state index contributed by atoms with van der Waals surface area (Å²) in [7, 11) is 0. The molecular weight excluding hydrogens is 307 g/mol. The van der Waals surface area contributed by atoms with Crippen LogP contribution in [0.1, 0.15) is 26.5 Å². The Balaban J connectivity index is 1.90. The van der Waals surface area contributed by atoms with E-state index in [1.165, 1.54) is 29.2 Å². The highest BCUT2D eigenvalue weighted by Gasteiger charge is 2.18. The lowest BCUT2D eigenvalue weighted by atomic mass is 9.93. The molecule has 0 aliphatic carbocycles. The van der Waals surface area contributed by atoms with Crippen LogP contribution < -0.4 is 5.32 Å². The first-order chi connectivity index (χ1) is 9.86. The van der Waals surface area contributed by atoms with Gasteiger partial charge < -0.3 is 5.32 Å². The number of hydrogen-bond acceptors (Lipinski definition) is 4. The molecule has 1 N–H and O–H groups in total. The van der Waals surface area contributed by atoms with Crippen molar-refractivity contribution in [2.45, 2.75) is 30.5 Å². The number of para-hydroxylation sites is 1.